The first kappa shape index (κ1) is 21.5. The fourth-order valence-electron chi connectivity index (χ4n) is 4.19. The van der Waals surface area contributed by atoms with Gasteiger partial charge in [0.05, 0.1) is 10.4 Å². The van der Waals surface area contributed by atoms with Gasteiger partial charge in [-0.15, -0.1) is 22.7 Å². The van der Waals surface area contributed by atoms with Crippen molar-refractivity contribution in [1.29, 1.82) is 0 Å². The lowest BCUT2D eigenvalue weighted by Gasteiger charge is -2.26. The summed E-state index contributed by atoms with van der Waals surface area (Å²) in [6.45, 7) is 3.14. The van der Waals surface area contributed by atoms with Crippen LogP contribution < -0.4 is 10.6 Å². The lowest BCUT2D eigenvalue weighted by molar-refractivity contribution is 0.0741. The molecule has 0 atom stereocenters. The highest BCUT2D eigenvalue weighted by Crippen LogP contribution is 2.35. The van der Waals surface area contributed by atoms with Crippen molar-refractivity contribution in [1.82, 2.24) is 20.2 Å². The predicted molar refractivity (Wildman–Crippen MR) is 142 cm³/mol. The maximum atomic E-state index is 13.0. The molecule has 34 heavy (non-hydrogen) atoms. The number of anilines is 2. The topological polar surface area (TPSA) is 70.2 Å². The summed E-state index contributed by atoms with van der Waals surface area (Å²) in [4.78, 5) is 25.0. The summed E-state index contributed by atoms with van der Waals surface area (Å²) in [5.41, 5.74) is 3.76. The molecule has 1 aliphatic rings. The number of carbonyl (C=O) groups excluding carboxylic acids is 1. The van der Waals surface area contributed by atoms with Crippen LogP contribution in [0.2, 0.25) is 4.34 Å². The lowest BCUT2D eigenvalue weighted by atomic mass is 10.1. The number of hydrogen-bond donors (Lipinski definition) is 2. The Hall–Kier alpha value is -3.04. The van der Waals surface area contributed by atoms with E-state index in [-0.39, 0.29) is 5.91 Å². The molecule has 0 spiro atoms. The van der Waals surface area contributed by atoms with E-state index in [0.29, 0.717) is 5.95 Å². The zero-order valence-electron chi connectivity index (χ0n) is 18.0. The Labute approximate surface area is 209 Å². The minimum Gasteiger partial charge on any atom is -0.335 e. The van der Waals surface area contributed by atoms with Gasteiger partial charge in [-0.3, -0.25) is 4.79 Å². The molecule has 9 heteroatoms. The Morgan fingerprint density at radius 3 is 2.82 bits per heavy atom. The van der Waals surface area contributed by atoms with Crippen molar-refractivity contribution < 1.29 is 4.79 Å². The molecule has 6 nitrogen and oxygen atoms in total. The SMILES string of the molecule is O=C(c1cc2c(ccc3cnc(Nc4cccc(-c5ccsc5Cl)c4)nc32)s1)N1CCNCC1. The quantitative estimate of drug-likeness (QED) is 0.313. The number of benzene rings is 2. The first-order valence-electron chi connectivity index (χ1n) is 11.0. The lowest BCUT2D eigenvalue weighted by Crippen LogP contribution is -2.46. The average molecular weight is 506 g/mol. The van der Waals surface area contributed by atoms with Gasteiger partial charge >= 0.3 is 0 Å². The molecular weight excluding hydrogens is 486 g/mol. The minimum atomic E-state index is 0.0900. The number of carbonyl (C=O) groups is 1. The van der Waals surface area contributed by atoms with Crippen LogP contribution in [0.4, 0.5) is 11.6 Å². The number of nitrogens with one attached hydrogen (secondary N) is 2. The van der Waals surface area contributed by atoms with Crippen LogP contribution in [0.3, 0.4) is 0 Å². The Morgan fingerprint density at radius 1 is 1.12 bits per heavy atom. The van der Waals surface area contributed by atoms with Gasteiger partial charge in [0.15, 0.2) is 0 Å². The number of rotatable bonds is 4. The highest BCUT2D eigenvalue weighted by Gasteiger charge is 2.21. The molecule has 5 aromatic rings. The number of hydrogen-bond acceptors (Lipinski definition) is 7. The molecule has 1 fully saturated rings. The van der Waals surface area contributed by atoms with E-state index in [1.807, 2.05) is 65.0 Å². The molecule has 0 unspecified atom stereocenters. The summed E-state index contributed by atoms with van der Waals surface area (Å²) in [5, 5.41) is 10.5. The second-order valence-corrected chi connectivity index (χ2v) is 10.7. The smallest absolute Gasteiger partial charge is 0.264 e. The number of halogens is 1. The van der Waals surface area contributed by atoms with Crippen molar-refractivity contribution in [2.24, 2.45) is 0 Å². The van der Waals surface area contributed by atoms with Gasteiger partial charge in [0, 0.05) is 59.1 Å². The highest BCUT2D eigenvalue weighted by atomic mass is 35.5. The van der Waals surface area contributed by atoms with E-state index in [4.69, 9.17) is 16.6 Å². The van der Waals surface area contributed by atoms with Crippen molar-refractivity contribution in [2.45, 2.75) is 0 Å². The van der Waals surface area contributed by atoms with Crippen LogP contribution in [0.1, 0.15) is 9.67 Å². The molecule has 1 aliphatic heterocycles. The third kappa shape index (κ3) is 4.03. The zero-order chi connectivity index (χ0) is 23.1. The van der Waals surface area contributed by atoms with Crippen molar-refractivity contribution in [2.75, 3.05) is 31.5 Å². The van der Waals surface area contributed by atoms with Crippen LogP contribution in [0.15, 0.2) is 60.1 Å². The Bertz CT molecular complexity index is 1520. The molecule has 170 valence electrons. The maximum Gasteiger partial charge on any atom is 0.264 e. The molecule has 2 aromatic carbocycles. The second-order valence-electron chi connectivity index (χ2n) is 8.08. The van der Waals surface area contributed by atoms with Gasteiger partial charge in [0.2, 0.25) is 5.95 Å². The van der Waals surface area contributed by atoms with E-state index < -0.39 is 0 Å². The summed E-state index contributed by atoms with van der Waals surface area (Å²) in [7, 11) is 0. The van der Waals surface area contributed by atoms with E-state index in [1.54, 1.807) is 0 Å². The normalized spacial score (nSPS) is 14.1. The number of thiophene rings is 2. The maximum absolute atomic E-state index is 13.0. The summed E-state index contributed by atoms with van der Waals surface area (Å²) < 4.78 is 1.81. The number of amides is 1. The van der Waals surface area contributed by atoms with Crippen molar-refractivity contribution >= 4 is 72.8 Å². The van der Waals surface area contributed by atoms with Crippen molar-refractivity contribution in [3.8, 4) is 11.1 Å². The van der Waals surface area contributed by atoms with Crippen LogP contribution in [-0.2, 0) is 0 Å². The number of fused-ring (bicyclic) bond motifs is 3. The third-order valence-corrected chi connectivity index (χ3v) is 8.17. The summed E-state index contributed by atoms with van der Waals surface area (Å²) in [6, 6.07) is 16.1. The Balaban J connectivity index is 1.33. The van der Waals surface area contributed by atoms with E-state index in [0.717, 1.165) is 73.2 Å². The molecule has 4 heterocycles. The Morgan fingerprint density at radius 2 is 2.00 bits per heavy atom. The largest absolute Gasteiger partial charge is 0.335 e. The first-order chi connectivity index (χ1) is 16.7. The van der Waals surface area contributed by atoms with Gasteiger partial charge in [-0.2, -0.15) is 0 Å². The van der Waals surface area contributed by atoms with E-state index >= 15 is 0 Å². The fourth-order valence-corrected chi connectivity index (χ4v) is 6.19. The fraction of sp³-hybridized carbons (Fsp3) is 0.160. The monoisotopic (exact) mass is 505 g/mol. The molecule has 0 radical (unpaired) electrons. The molecular formula is C25H20ClN5OS2. The van der Waals surface area contributed by atoms with Crippen molar-refractivity contribution in [3.05, 3.63) is 69.3 Å². The van der Waals surface area contributed by atoms with E-state index in [9.17, 15) is 4.79 Å². The molecule has 1 amide bonds. The number of piperazine rings is 1. The number of aromatic nitrogens is 2. The predicted octanol–water partition coefficient (Wildman–Crippen LogP) is 6.02. The molecule has 1 saturated heterocycles. The molecule has 0 saturated carbocycles. The van der Waals surface area contributed by atoms with Gasteiger partial charge in [0.1, 0.15) is 4.34 Å². The van der Waals surface area contributed by atoms with Crippen LogP contribution in [0.25, 0.3) is 32.1 Å². The summed E-state index contributed by atoms with van der Waals surface area (Å²) in [5.74, 6) is 0.599. The van der Waals surface area contributed by atoms with Gasteiger partial charge in [-0.1, -0.05) is 23.7 Å². The Kier molecular flexibility index (Phi) is 5.66. The van der Waals surface area contributed by atoms with E-state index in [2.05, 4.69) is 15.6 Å². The standard InChI is InChI=1S/C25H20ClN5OS2/c26-23-18(6-11-33-23)15-2-1-3-17(12-15)29-25-28-14-16-4-5-20-19(22(16)30-25)13-21(34-20)24(32)31-9-7-27-8-10-31/h1-6,11-14,27H,7-10H2,(H,28,29,30). The van der Waals surface area contributed by atoms with Crippen LogP contribution in [0, 0.1) is 0 Å². The summed E-state index contributed by atoms with van der Waals surface area (Å²) >= 11 is 9.36. The summed E-state index contributed by atoms with van der Waals surface area (Å²) in [6.07, 6.45) is 1.82. The minimum absolute atomic E-state index is 0.0900. The van der Waals surface area contributed by atoms with Gasteiger partial charge < -0.3 is 15.5 Å². The highest BCUT2D eigenvalue weighted by molar-refractivity contribution is 7.21. The zero-order valence-corrected chi connectivity index (χ0v) is 20.4. The molecule has 6 rings (SSSR count). The molecule has 0 bridgehead atoms. The van der Waals surface area contributed by atoms with Crippen LogP contribution >= 0.6 is 34.3 Å². The second kappa shape index (κ2) is 8.96. The third-order valence-electron chi connectivity index (χ3n) is 5.91. The number of nitrogens with zero attached hydrogens (tertiary/aromatic N) is 3. The van der Waals surface area contributed by atoms with Crippen LogP contribution in [0.5, 0.6) is 0 Å². The van der Waals surface area contributed by atoms with Gasteiger partial charge in [-0.05, 0) is 47.3 Å². The van der Waals surface area contributed by atoms with Gasteiger partial charge in [0.25, 0.3) is 5.91 Å². The van der Waals surface area contributed by atoms with Crippen molar-refractivity contribution in [3.63, 3.8) is 0 Å². The molecule has 3 aromatic heterocycles. The average Bonchev–Trinajstić information content (AvgIpc) is 3.51. The van der Waals surface area contributed by atoms with Crippen LogP contribution in [-0.4, -0.2) is 47.0 Å². The van der Waals surface area contributed by atoms with Gasteiger partial charge in [-0.25, -0.2) is 9.97 Å². The first-order valence-corrected chi connectivity index (χ1v) is 13.0. The molecule has 0 aliphatic carbocycles. The van der Waals surface area contributed by atoms with E-state index in [1.165, 1.54) is 22.7 Å². The molecule has 2 N–H and O–H groups in total.